The number of nitrogens with zero attached hydrogens (tertiary/aromatic N) is 5. The van der Waals surface area contributed by atoms with Crippen molar-refractivity contribution in [3.8, 4) is 17.0 Å². The molecule has 0 bridgehead atoms. The van der Waals surface area contributed by atoms with Crippen LogP contribution in [0.2, 0.25) is 0 Å². The Bertz CT molecular complexity index is 824. The number of carbonyl (C=O) groups excluding carboxylic acids is 1. The molecule has 0 aliphatic rings. The van der Waals surface area contributed by atoms with Gasteiger partial charge in [0, 0.05) is 43.9 Å². The number of hydrogen-bond donors (Lipinski definition) is 1. The van der Waals surface area contributed by atoms with E-state index in [1.807, 2.05) is 18.3 Å². The summed E-state index contributed by atoms with van der Waals surface area (Å²) in [6, 6.07) is 3.86. The molecule has 0 spiro atoms. The fourth-order valence-electron chi connectivity index (χ4n) is 2.33. The van der Waals surface area contributed by atoms with Gasteiger partial charge in [-0.2, -0.15) is 5.10 Å². The molecule has 0 saturated heterocycles. The summed E-state index contributed by atoms with van der Waals surface area (Å²) in [5.74, 6) is 0.0931. The van der Waals surface area contributed by atoms with Crippen molar-refractivity contribution in [2.75, 3.05) is 13.7 Å². The first-order chi connectivity index (χ1) is 11.7. The van der Waals surface area contributed by atoms with Gasteiger partial charge in [-0.05, 0) is 17.7 Å². The quantitative estimate of drug-likeness (QED) is 0.733. The average Bonchev–Trinajstić information content (AvgIpc) is 3.22. The van der Waals surface area contributed by atoms with E-state index in [0.717, 1.165) is 11.1 Å². The molecule has 3 rings (SSSR count). The van der Waals surface area contributed by atoms with Gasteiger partial charge in [0.05, 0.1) is 19.9 Å². The van der Waals surface area contributed by atoms with Crippen molar-refractivity contribution in [2.24, 2.45) is 7.05 Å². The van der Waals surface area contributed by atoms with Crippen molar-refractivity contribution < 1.29 is 9.53 Å². The lowest BCUT2D eigenvalue weighted by atomic mass is 10.1. The highest BCUT2D eigenvalue weighted by atomic mass is 16.5. The molecule has 0 aliphatic heterocycles. The highest BCUT2D eigenvalue weighted by Crippen LogP contribution is 2.17. The standard InChI is InChI=1S/C16H18N6O2/c1-21-11-14(16(20-21)24-2)15(23)18-7-8-22-10-13(9-19-22)12-3-5-17-6-4-12/h3-6,9-11H,7-8H2,1-2H3,(H,18,23). The Balaban J connectivity index is 1.57. The first-order valence-corrected chi connectivity index (χ1v) is 7.46. The Kier molecular flexibility index (Phi) is 4.55. The molecule has 8 nitrogen and oxygen atoms in total. The summed E-state index contributed by atoms with van der Waals surface area (Å²) in [6.45, 7) is 1.02. The van der Waals surface area contributed by atoms with E-state index in [9.17, 15) is 4.79 Å². The predicted octanol–water partition coefficient (Wildman–Crippen LogP) is 1.12. The highest BCUT2D eigenvalue weighted by Gasteiger charge is 2.15. The SMILES string of the molecule is COc1nn(C)cc1C(=O)NCCn1cc(-c2ccncc2)cn1. The Morgan fingerprint density at radius 3 is 2.79 bits per heavy atom. The fourth-order valence-corrected chi connectivity index (χ4v) is 2.33. The second-order valence-corrected chi connectivity index (χ2v) is 5.21. The van der Waals surface area contributed by atoms with Gasteiger partial charge < -0.3 is 10.1 Å². The molecule has 1 N–H and O–H groups in total. The molecule has 3 heterocycles. The van der Waals surface area contributed by atoms with Gasteiger partial charge in [-0.25, -0.2) is 0 Å². The fraction of sp³-hybridized carbons (Fsp3) is 0.250. The van der Waals surface area contributed by atoms with E-state index in [0.29, 0.717) is 24.5 Å². The summed E-state index contributed by atoms with van der Waals surface area (Å²) >= 11 is 0. The smallest absolute Gasteiger partial charge is 0.258 e. The van der Waals surface area contributed by atoms with Crippen LogP contribution in [0.4, 0.5) is 0 Å². The van der Waals surface area contributed by atoms with Crippen LogP contribution in [0.25, 0.3) is 11.1 Å². The zero-order chi connectivity index (χ0) is 16.9. The van der Waals surface area contributed by atoms with Crippen molar-refractivity contribution in [3.63, 3.8) is 0 Å². The molecular formula is C16H18N6O2. The van der Waals surface area contributed by atoms with Crippen LogP contribution in [0, 0.1) is 0 Å². The van der Waals surface area contributed by atoms with Gasteiger partial charge in [0.25, 0.3) is 5.91 Å². The number of hydrogen-bond acceptors (Lipinski definition) is 5. The lowest BCUT2D eigenvalue weighted by Gasteiger charge is -2.05. The van der Waals surface area contributed by atoms with E-state index in [1.165, 1.54) is 7.11 Å². The molecule has 0 fully saturated rings. The first kappa shape index (κ1) is 15.7. The molecule has 0 saturated carbocycles. The summed E-state index contributed by atoms with van der Waals surface area (Å²) in [4.78, 5) is 16.2. The van der Waals surface area contributed by atoms with Crippen LogP contribution in [0.5, 0.6) is 5.88 Å². The molecule has 3 aromatic heterocycles. The summed E-state index contributed by atoms with van der Waals surface area (Å²) in [5.41, 5.74) is 2.48. The van der Waals surface area contributed by atoms with Crippen molar-refractivity contribution in [1.29, 1.82) is 0 Å². The molecule has 0 radical (unpaired) electrons. The summed E-state index contributed by atoms with van der Waals surface area (Å²) in [6.07, 6.45) is 8.85. The number of rotatable bonds is 6. The van der Waals surface area contributed by atoms with Gasteiger partial charge in [0.15, 0.2) is 0 Å². The van der Waals surface area contributed by atoms with Gasteiger partial charge >= 0.3 is 0 Å². The molecule has 1 amide bonds. The van der Waals surface area contributed by atoms with Crippen LogP contribution in [0.15, 0.2) is 43.1 Å². The largest absolute Gasteiger partial charge is 0.479 e. The van der Waals surface area contributed by atoms with Gasteiger partial charge in [-0.3, -0.25) is 19.1 Å². The van der Waals surface area contributed by atoms with E-state index in [2.05, 4.69) is 20.5 Å². The highest BCUT2D eigenvalue weighted by molar-refractivity contribution is 5.96. The Hall–Kier alpha value is -3.16. The van der Waals surface area contributed by atoms with Crippen LogP contribution in [-0.2, 0) is 13.6 Å². The first-order valence-electron chi connectivity index (χ1n) is 7.46. The molecule has 0 atom stereocenters. The van der Waals surface area contributed by atoms with E-state index in [4.69, 9.17) is 4.74 Å². The second-order valence-electron chi connectivity index (χ2n) is 5.21. The minimum atomic E-state index is -0.221. The van der Waals surface area contributed by atoms with Crippen LogP contribution < -0.4 is 10.1 Å². The molecule has 3 aromatic rings. The number of ether oxygens (including phenoxy) is 1. The molecule has 0 aliphatic carbocycles. The van der Waals surface area contributed by atoms with E-state index < -0.39 is 0 Å². The number of aryl methyl sites for hydroxylation is 1. The van der Waals surface area contributed by atoms with E-state index in [-0.39, 0.29) is 5.91 Å². The third-order valence-electron chi connectivity index (χ3n) is 3.51. The lowest BCUT2D eigenvalue weighted by molar-refractivity contribution is 0.0949. The molecule has 0 aromatic carbocycles. The molecule has 24 heavy (non-hydrogen) atoms. The zero-order valence-electron chi connectivity index (χ0n) is 13.5. The third-order valence-corrected chi connectivity index (χ3v) is 3.51. The van der Waals surface area contributed by atoms with Crippen molar-refractivity contribution in [2.45, 2.75) is 6.54 Å². The summed E-state index contributed by atoms with van der Waals surface area (Å²) in [7, 11) is 3.23. The normalized spacial score (nSPS) is 10.6. The number of nitrogens with one attached hydrogen (secondary N) is 1. The molecule has 0 unspecified atom stereocenters. The maximum absolute atomic E-state index is 12.2. The van der Waals surface area contributed by atoms with Gasteiger partial charge in [-0.1, -0.05) is 0 Å². The summed E-state index contributed by atoms with van der Waals surface area (Å²) in [5, 5.41) is 11.2. The monoisotopic (exact) mass is 326 g/mol. The van der Waals surface area contributed by atoms with Crippen LogP contribution in [0.3, 0.4) is 0 Å². The van der Waals surface area contributed by atoms with Crippen molar-refractivity contribution >= 4 is 5.91 Å². The number of carbonyl (C=O) groups is 1. The van der Waals surface area contributed by atoms with Crippen LogP contribution in [0.1, 0.15) is 10.4 Å². The second kappa shape index (κ2) is 6.95. The third kappa shape index (κ3) is 3.43. The Morgan fingerprint density at radius 1 is 1.25 bits per heavy atom. The minimum absolute atomic E-state index is 0.221. The van der Waals surface area contributed by atoms with Crippen molar-refractivity contribution in [3.05, 3.63) is 48.7 Å². The topological polar surface area (TPSA) is 86.9 Å². The Morgan fingerprint density at radius 2 is 2.04 bits per heavy atom. The van der Waals surface area contributed by atoms with E-state index in [1.54, 1.807) is 41.2 Å². The maximum atomic E-state index is 12.2. The van der Waals surface area contributed by atoms with Gasteiger partial charge in [-0.15, -0.1) is 5.10 Å². The minimum Gasteiger partial charge on any atom is -0.479 e. The molecule has 124 valence electrons. The molecular weight excluding hydrogens is 308 g/mol. The van der Waals surface area contributed by atoms with Crippen LogP contribution in [-0.4, -0.2) is 44.1 Å². The zero-order valence-corrected chi connectivity index (χ0v) is 13.5. The number of pyridine rings is 1. The predicted molar refractivity (Wildman–Crippen MR) is 87.6 cm³/mol. The van der Waals surface area contributed by atoms with Gasteiger partial charge in [0.1, 0.15) is 5.56 Å². The number of methoxy groups -OCH3 is 1. The number of amides is 1. The molecule has 8 heteroatoms. The van der Waals surface area contributed by atoms with Crippen LogP contribution >= 0.6 is 0 Å². The lowest BCUT2D eigenvalue weighted by Crippen LogP contribution is -2.27. The number of aromatic nitrogens is 5. The average molecular weight is 326 g/mol. The van der Waals surface area contributed by atoms with Crippen molar-refractivity contribution in [1.82, 2.24) is 29.9 Å². The maximum Gasteiger partial charge on any atom is 0.258 e. The van der Waals surface area contributed by atoms with E-state index >= 15 is 0 Å². The Labute approximate surface area is 139 Å². The van der Waals surface area contributed by atoms with Gasteiger partial charge in [0.2, 0.25) is 5.88 Å². The summed E-state index contributed by atoms with van der Waals surface area (Å²) < 4.78 is 8.42.